The zero-order valence-corrected chi connectivity index (χ0v) is 61.4. The van der Waals surface area contributed by atoms with Crippen LogP contribution in [0.1, 0.15) is 354 Å². The van der Waals surface area contributed by atoms with E-state index in [4.69, 9.17) is 9.05 Å². The van der Waals surface area contributed by atoms with Crippen LogP contribution in [0.3, 0.4) is 0 Å². The Kier molecular flexibility index (Phi) is 69.2. The van der Waals surface area contributed by atoms with Crippen LogP contribution in [-0.2, 0) is 18.4 Å². The van der Waals surface area contributed by atoms with Gasteiger partial charge in [-0.3, -0.25) is 9.36 Å². The summed E-state index contributed by atoms with van der Waals surface area (Å²) < 4.78 is 23.5. The van der Waals surface area contributed by atoms with E-state index in [0.717, 1.165) is 83.5 Å². The molecule has 0 aliphatic heterocycles. The molecule has 0 saturated heterocycles. The van der Waals surface area contributed by atoms with E-state index in [9.17, 15) is 19.4 Å². The van der Waals surface area contributed by atoms with Crippen LogP contribution in [-0.4, -0.2) is 68.5 Å². The predicted octanol–water partition coefficient (Wildman–Crippen LogP) is 24.8. The zero-order valence-electron chi connectivity index (χ0n) is 60.5. The van der Waals surface area contributed by atoms with Crippen molar-refractivity contribution in [2.24, 2.45) is 0 Å². The summed E-state index contributed by atoms with van der Waals surface area (Å²) >= 11 is 0. The fourth-order valence-electron chi connectivity index (χ4n) is 11.3. The molecule has 3 unspecified atom stereocenters. The van der Waals surface area contributed by atoms with Gasteiger partial charge in [0.25, 0.3) is 7.82 Å². The number of likely N-dealkylation sites (N-methyl/N-ethyl adjacent to an activating group) is 1. The lowest BCUT2D eigenvalue weighted by molar-refractivity contribution is -0.870. The van der Waals surface area contributed by atoms with Gasteiger partial charge >= 0.3 is 0 Å². The second-order valence-corrected chi connectivity index (χ2v) is 28.7. The summed E-state index contributed by atoms with van der Waals surface area (Å²) in [6, 6.07) is -0.911. The van der Waals surface area contributed by atoms with E-state index < -0.39 is 26.6 Å². The van der Waals surface area contributed by atoms with Gasteiger partial charge in [-0.25, -0.2) is 0 Å². The summed E-state index contributed by atoms with van der Waals surface area (Å²) in [7, 11) is 1.25. The van der Waals surface area contributed by atoms with Crippen LogP contribution < -0.4 is 10.2 Å². The highest BCUT2D eigenvalue weighted by molar-refractivity contribution is 7.45. The number of aliphatic hydroxyl groups excluding tert-OH is 1. The number of carbonyl (C=O) groups excluding carboxylic acids is 1. The molecule has 2 N–H and O–H groups in total. The Morgan fingerprint density at radius 3 is 1.02 bits per heavy atom. The normalized spacial score (nSPS) is 14.1. The van der Waals surface area contributed by atoms with Crippen LogP contribution in [0.5, 0.6) is 0 Å². The number of unbranched alkanes of at least 4 members (excludes halogenated alkanes) is 42. The van der Waals surface area contributed by atoms with Crippen molar-refractivity contribution in [3.8, 4) is 0 Å². The van der Waals surface area contributed by atoms with Gasteiger partial charge in [0.15, 0.2) is 0 Å². The summed E-state index contributed by atoms with van der Waals surface area (Å²) in [6.45, 7) is 4.55. The van der Waals surface area contributed by atoms with Crippen molar-refractivity contribution in [3.05, 3.63) is 109 Å². The highest BCUT2D eigenvalue weighted by atomic mass is 31.2. The first-order chi connectivity index (χ1) is 44.5. The molecule has 91 heavy (non-hydrogen) atoms. The van der Waals surface area contributed by atoms with Crippen LogP contribution >= 0.6 is 7.82 Å². The molecule has 0 aromatic rings. The van der Waals surface area contributed by atoms with Gasteiger partial charge in [0, 0.05) is 6.42 Å². The van der Waals surface area contributed by atoms with Crippen molar-refractivity contribution < 1.29 is 32.9 Å². The standard InChI is InChI=1S/C82H149N2O6P/c1-6-8-10-12-14-16-18-20-22-24-26-28-30-32-34-36-38-40-41-42-43-44-46-48-50-52-54-56-58-60-62-64-66-68-70-72-74-76-82(86)83-80(79-90-91(87,88)89-78-77-84(3,4)5)81(85)75-73-71-69-67-65-63-61-59-57-55-53-51-49-47-45-39-37-35-33-31-29-27-25-23-21-19-17-15-13-11-9-7-2/h8,10,14,16,20,22,26,28,32,34,38,40,42-43,65,67,73,75,80-81,85H,6-7,9,11-13,15,17-19,21,23-25,27,29-31,33,35-37,39,41,44-64,66,68-72,74,76-79H2,1-5H3,(H-,83,86,87,88)/b10-8-,16-14-,22-20-,28-26-,34-32-,40-38-,43-42-,67-65+,75-73+. The molecule has 0 aromatic heterocycles. The molecule has 528 valence electrons. The van der Waals surface area contributed by atoms with Gasteiger partial charge in [-0.15, -0.1) is 0 Å². The molecule has 0 spiro atoms. The van der Waals surface area contributed by atoms with Crippen molar-refractivity contribution in [2.75, 3.05) is 40.9 Å². The Labute approximate surface area is 565 Å². The smallest absolute Gasteiger partial charge is 0.268 e. The number of allylic oxidation sites excluding steroid dienone is 17. The van der Waals surface area contributed by atoms with Crippen molar-refractivity contribution in [2.45, 2.75) is 366 Å². The van der Waals surface area contributed by atoms with Gasteiger partial charge in [0.05, 0.1) is 39.9 Å². The van der Waals surface area contributed by atoms with Crippen molar-refractivity contribution in [3.63, 3.8) is 0 Å². The second kappa shape index (κ2) is 71.5. The molecule has 0 heterocycles. The number of phosphoric acid groups is 1. The van der Waals surface area contributed by atoms with Crippen molar-refractivity contribution >= 4 is 13.7 Å². The lowest BCUT2D eigenvalue weighted by Gasteiger charge is -2.29. The summed E-state index contributed by atoms with van der Waals surface area (Å²) in [5.74, 6) is -0.206. The Morgan fingerprint density at radius 1 is 0.396 bits per heavy atom. The molecule has 0 saturated carbocycles. The molecule has 3 atom stereocenters. The van der Waals surface area contributed by atoms with E-state index in [0.29, 0.717) is 17.4 Å². The third kappa shape index (κ3) is 74.4. The SMILES string of the molecule is CC/C=C\C/C=C\C/C=C\C/C=C\C/C=C\C/C=C\C/C=C\CCCCCCCCCCCCCCCCCC(=O)NC(COP(=O)([O-])OCC[N+](C)(C)C)C(O)/C=C/CC/C=C/CCCCCCCCCCCCCCCCCCCCCCCCCCCC. The largest absolute Gasteiger partial charge is 0.756 e. The fourth-order valence-corrected chi connectivity index (χ4v) is 12.0. The van der Waals surface area contributed by atoms with Crippen LogP contribution in [0.15, 0.2) is 109 Å². The first-order valence-corrected chi connectivity index (χ1v) is 40.2. The van der Waals surface area contributed by atoms with Crippen LogP contribution in [0, 0.1) is 0 Å². The minimum absolute atomic E-state index is 0.00930. The summed E-state index contributed by atoms with van der Waals surface area (Å²) in [4.78, 5) is 25.7. The highest BCUT2D eigenvalue weighted by Gasteiger charge is 2.23. The maximum Gasteiger partial charge on any atom is 0.268 e. The lowest BCUT2D eigenvalue weighted by atomic mass is 10.0. The minimum atomic E-state index is -4.62. The van der Waals surface area contributed by atoms with Crippen LogP contribution in [0.4, 0.5) is 0 Å². The summed E-state index contributed by atoms with van der Waals surface area (Å²) in [5.41, 5.74) is 0. The fraction of sp³-hybridized carbons (Fsp3) is 0.768. The molecule has 0 rings (SSSR count). The first kappa shape index (κ1) is 88.2. The Bertz CT molecular complexity index is 1860. The maximum absolute atomic E-state index is 13.1. The number of nitrogens with zero attached hydrogens (tertiary/aromatic N) is 1. The quantitative estimate of drug-likeness (QED) is 0.0272. The van der Waals surface area contributed by atoms with Crippen molar-refractivity contribution in [1.29, 1.82) is 0 Å². The topological polar surface area (TPSA) is 108 Å². The summed E-state index contributed by atoms with van der Waals surface area (Å²) in [6.07, 6.45) is 105. The average Bonchev–Trinajstić information content (AvgIpc) is 3.42. The number of quaternary nitrogens is 1. The Hall–Kier alpha value is -2.84. The van der Waals surface area contributed by atoms with Crippen LogP contribution in [0.25, 0.3) is 0 Å². The molecule has 1 amide bonds. The molecule has 0 radical (unpaired) electrons. The first-order valence-electron chi connectivity index (χ1n) is 38.7. The van der Waals surface area contributed by atoms with Gasteiger partial charge in [0.2, 0.25) is 5.91 Å². The molecule has 9 heteroatoms. The molecule has 0 bridgehead atoms. The number of nitrogens with one attached hydrogen (secondary N) is 1. The number of phosphoric ester groups is 1. The Balaban J connectivity index is 4.06. The summed E-state index contributed by atoms with van der Waals surface area (Å²) in [5, 5.41) is 14.0. The molecule has 0 aromatic carbocycles. The highest BCUT2D eigenvalue weighted by Crippen LogP contribution is 2.38. The van der Waals surface area contributed by atoms with Gasteiger partial charge in [-0.1, -0.05) is 367 Å². The van der Waals surface area contributed by atoms with E-state index in [1.54, 1.807) is 6.08 Å². The average molecular weight is 1290 g/mol. The second-order valence-electron chi connectivity index (χ2n) is 27.3. The van der Waals surface area contributed by atoms with Crippen LogP contribution in [0.2, 0.25) is 0 Å². The van der Waals surface area contributed by atoms with E-state index in [1.807, 2.05) is 27.2 Å². The number of carbonyl (C=O) groups is 1. The van der Waals surface area contributed by atoms with E-state index >= 15 is 0 Å². The molecule has 0 aliphatic carbocycles. The number of amides is 1. The zero-order chi connectivity index (χ0) is 66.2. The van der Waals surface area contributed by atoms with Gasteiger partial charge < -0.3 is 28.8 Å². The maximum atomic E-state index is 13.1. The third-order valence-electron chi connectivity index (χ3n) is 17.2. The molecular weight excluding hydrogens is 1140 g/mol. The Morgan fingerprint density at radius 2 is 0.681 bits per heavy atom. The molecule has 0 fully saturated rings. The van der Waals surface area contributed by atoms with Gasteiger partial charge in [-0.2, -0.15) is 0 Å². The molecule has 8 nitrogen and oxygen atoms in total. The van der Waals surface area contributed by atoms with Crippen molar-refractivity contribution in [1.82, 2.24) is 5.32 Å². The lowest BCUT2D eigenvalue weighted by Crippen LogP contribution is -2.45. The third-order valence-corrected chi connectivity index (χ3v) is 18.2. The monoisotopic (exact) mass is 1290 g/mol. The van der Waals surface area contributed by atoms with Gasteiger partial charge in [-0.05, 0) is 89.9 Å². The molecule has 0 aliphatic rings. The molecular formula is C82H149N2O6P. The van der Waals surface area contributed by atoms with E-state index in [2.05, 4.69) is 116 Å². The minimum Gasteiger partial charge on any atom is -0.756 e. The number of hydrogen-bond acceptors (Lipinski definition) is 6. The van der Waals surface area contributed by atoms with E-state index in [1.165, 1.54) is 250 Å². The number of aliphatic hydroxyl groups is 1. The number of rotatable bonds is 71. The predicted molar refractivity (Wildman–Crippen MR) is 399 cm³/mol. The van der Waals surface area contributed by atoms with Gasteiger partial charge in [0.1, 0.15) is 13.2 Å². The number of hydrogen-bond donors (Lipinski definition) is 2. The van der Waals surface area contributed by atoms with E-state index in [-0.39, 0.29) is 12.5 Å².